The maximum Gasteiger partial charge on any atom is 0.417 e. The topological polar surface area (TPSA) is 42.3 Å². The first kappa shape index (κ1) is 25.3. The van der Waals surface area contributed by atoms with Gasteiger partial charge in [0.05, 0.1) is 22.3 Å². The van der Waals surface area contributed by atoms with Gasteiger partial charge in [-0.2, -0.15) is 13.2 Å². The van der Waals surface area contributed by atoms with Gasteiger partial charge in [0.25, 0.3) is 0 Å². The predicted molar refractivity (Wildman–Crippen MR) is 146 cm³/mol. The Morgan fingerprint density at radius 3 is 2.24 bits per heavy atom. The molecule has 0 saturated heterocycles. The number of anilines is 2. The monoisotopic (exact) mass is 514 g/mol. The standard InChI is InChI=1S/C31H25F3N2O2/c1-18-9-11-27-23(13-18)30(38)24-16-28(21(17-37)15-29(24)36(27)4)35(3)26-12-10-20(14-19(26)2)22-7-5-6-8-25(22)31(32,33)34/h5-17H,1-4H3. The molecule has 0 aliphatic rings. The van der Waals surface area contributed by atoms with Crippen LogP contribution in [0.25, 0.3) is 32.9 Å². The van der Waals surface area contributed by atoms with Gasteiger partial charge >= 0.3 is 6.18 Å². The number of fused-ring (bicyclic) bond motifs is 2. The van der Waals surface area contributed by atoms with Crippen molar-refractivity contribution >= 4 is 39.5 Å². The van der Waals surface area contributed by atoms with E-state index >= 15 is 0 Å². The number of hydrogen-bond acceptors (Lipinski definition) is 3. The van der Waals surface area contributed by atoms with Gasteiger partial charge < -0.3 is 9.47 Å². The Bertz CT molecular complexity index is 1800. The van der Waals surface area contributed by atoms with Gasteiger partial charge in [-0.3, -0.25) is 9.59 Å². The smallest absolute Gasteiger partial charge is 0.344 e. The number of halogens is 3. The Morgan fingerprint density at radius 1 is 0.842 bits per heavy atom. The van der Waals surface area contributed by atoms with Crippen LogP contribution in [0.3, 0.4) is 0 Å². The normalized spacial score (nSPS) is 11.8. The van der Waals surface area contributed by atoms with Gasteiger partial charge in [-0.15, -0.1) is 0 Å². The van der Waals surface area contributed by atoms with Crippen LogP contribution >= 0.6 is 0 Å². The highest BCUT2D eigenvalue weighted by molar-refractivity contribution is 6.00. The third-order valence-corrected chi connectivity index (χ3v) is 7.10. The second-order valence-corrected chi connectivity index (χ2v) is 9.56. The van der Waals surface area contributed by atoms with Crippen molar-refractivity contribution < 1.29 is 18.0 Å². The lowest BCUT2D eigenvalue weighted by molar-refractivity contribution is -0.137. The molecule has 0 bridgehead atoms. The summed E-state index contributed by atoms with van der Waals surface area (Å²) in [5.41, 5.74) is 4.46. The van der Waals surface area contributed by atoms with Crippen LogP contribution in [0.5, 0.6) is 0 Å². The second-order valence-electron chi connectivity index (χ2n) is 9.56. The van der Waals surface area contributed by atoms with Crippen molar-refractivity contribution in [1.82, 2.24) is 4.57 Å². The first-order valence-electron chi connectivity index (χ1n) is 12.0. The number of aldehydes is 1. The number of rotatable bonds is 4. The SMILES string of the molecule is Cc1ccc2c(c1)c(=O)c1cc(N(C)c3ccc(-c4ccccc4C(F)(F)F)cc3C)c(C=O)cc1n2C. The zero-order chi connectivity index (χ0) is 27.4. The van der Waals surface area contributed by atoms with Gasteiger partial charge in [-0.25, -0.2) is 0 Å². The van der Waals surface area contributed by atoms with Crippen LogP contribution in [0.4, 0.5) is 24.5 Å². The van der Waals surface area contributed by atoms with E-state index in [0.717, 1.165) is 29.0 Å². The van der Waals surface area contributed by atoms with E-state index in [1.54, 1.807) is 48.3 Å². The maximum atomic E-state index is 13.6. The molecule has 0 saturated carbocycles. The van der Waals surface area contributed by atoms with Crippen LogP contribution in [0, 0.1) is 13.8 Å². The molecule has 0 unspecified atom stereocenters. The van der Waals surface area contributed by atoms with Crippen molar-refractivity contribution in [3.8, 4) is 11.1 Å². The number of alkyl halides is 3. The highest BCUT2D eigenvalue weighted by Crippen LogP contribution is 2.39. The summed E-state index contributed by atoms with van der Waals surface area (Å²) in [7, 11) is 3.63. The lowest BCUT2D eigenvalue weighted by Crippen LogP contribution is -2.16. The minimum atomic E-state index is -4.47. The van der Waals surface area contributed by atoms with Gasteiger partial charge in [-0.1, -0.05) is 35.9 Å². The molecule has 1 heterocycles. The van der Waals surface area contributed by atoms with Gasteiger partial charge in [-0.05, 0) is 73.0 Å². The minimum Gasteiger partial charge on any atom is -0.344 e. The molecule has 0 fully saturated rings. The molecule has 0 amide bonds. The molecule has 0 N–H and O–H groups in total. The van der Waals surface area contributed by atoms with E-state index in [1.807, 2.05) is 43.7 Å². The summed E-state index contributed by atoms with van der Waals surface area (Å²) in [6, 6.07) is 19.7. The van der Waals surface area contributed by atoms with Crippen molar-refractivity contribution in [2.45, 2.75) is 20.0 Å². The van der Waals surface area contributed by atoms with Crippen LogP contribution in [0.1, 0.15) is 27.0 Å². The molecule has 0 radical (unpaired) electrons. The van der Waals surface area contributed by atoms with Crippen LogP contribution in [-0.2, 0) is 13.2 Å². The van der Waals surface area contributed by atoms with E-state index in [2.05, 4.69) is 0 Å². The maximum absolute atomic E-state index is 13.6. The zero-order valence-corrected chi connectivity index (χ0v) is 21.4. The number of aromatic nitrogens is 1. The van der Waals surface area contributed by atoms with Crippen molar-refractivity contribution in [1.29, 1.82) is 0 Å². The molecular weight excluding hydrogens is 489 g/mol. The van der Waals surface area contributed by atoms with Crippen LogP contribution < -0.4 is 10.3 Å². The fourth-order valence-corrected chi connectivity index (χ4v) is 5.15. The fourth-order valence-electron chi connectivity index (χ4n) is 5.15. The molecule has 4 nitrogen and oxygen atoms in total. The highest BCUT2D eigenvalue weighted by atomic mass is 19.4. The second kappa shape index (κ2) is 9.17. The van der Waals surface area contributed by atoms with Crippen molar-refractivity contribution in [3.05, 3.63) is 105 Å². The van der Waals surface area contributed by atoms with Crippen LogP contribution in [0.2, 0.25) is 0 Å². The van der Waals surface area contributed by atoms with Crippen molar-refractivity contribution in [2.75, 3.05) is 11.9 Å². The summed E-state index contributed by atoms with van der Waals surface area (Å²) in [5, 5.41) is 1.07. The van der Waals surface area contributed by atoms with Crippen LogP contribution in [0.15, 0.2) is 77.6 Å². The molecule has 5 rings (SSSR count). The Morgan fingerprint density at radius 2 is 1.55 bits per heavy atom. The summed E-state index contributed by atoms with van der Waals surface area (Å²) in [4.78, 5) is 27.4. The quantitative estimate of drug-likeness (QED) is 0.183. The number of hydrogen-bond donors (Lipinski definition) is 0. The number of carbonyl (C=O) groups is 1. The minimum absolute atomic E-state index is 0.0993. The number of pyridine rings is 1. The van der Waals surface area contributed by atoms with E-state index in [4.69, 9.17) is 0 Å². The highest BCUT2D eigenvalue weighted by Gasteiger charge is 2.33. The predicted octanol–water partition coefficient (Wildman–Crippen LogP) is 7.57. The Labute approximate surface area is 217 Å². The molecular formula is C31H25F3N2O2. The lowest BCUT2D eigenvalue weighted by Gasteiger charge is -2.25. The molecule has 7 heteroatoms. The summed E-state index contributed by atoms with van der Waals surface area (Å²) in [5.74, 6) is 0. The lowest BCUT2D eigenvalue weighted by atomic mass is 9.97. The number of aryl methyl sites for hydroxylation is 3. The molecule has 38 heavy (non-hydrogen) atoms. The molecule has 192 valence electrons. The van der Waals surface area contributed by atoms with Gasteiger partial charge in [0, 0.05) is 36.1 Å². The van der Waals surface area contributed by atoms with Crippen molar-refractivity contribution in [3.63, 3.8) is 0 Å². The van der Waals surface area contributed by atoms with Gasteiger partial charge in [0.2, 0.25) is 0 Å². The molecule has 0 atom stereocenters. The van der Waals surface area contributed by atoms with Gasteiger partial charge in [0.1, 0.15) is 0 Å². The van der Waals surface area contributed by atoms with E-state index in [9.17, 15) is 22.8 Å². The fraction of sp³-hybridized carbons (Fsp3) is 0.161. The van der Waals surface area contributed by atoms with Gasteiger partial charge in [0.15, 0.2) is 11.7 Å². The number of nitrogens with zero attached hydrogens (tertiary/aromatic N) is 2. The molecule has 0 spiro atoms. The van der Waals surface area contributed by atoms with Crippen molar-refractivity contribution in [2.24, 2.45) is 7.05 Å². The Hall–Kier alpha value is -4.39. The van der Waals surface area contributed by atoms with E-state index in [1.165, 1.54) is 12.1 Å². The molecule has 4 aromatic carbocycles. The van der Waals surface area contributed by atoms with E-state index < -0.39 is 11.7 Å². The van der Waals surface area contributed by atoms with Crippen LogP contribution in [-0.4, -0.2) is 17.9 Å². The molecule has 0 aliphatic carbocycles. The first-order valence-corrected chi connectivity index (χ1v) is 12.0. The third kappa shape index (κ3) is 4.14. The average Bonchev–Trinajstić information content (AvgIpc) is 2.90. The largest absolute Gasteiger partial charge is 0.417 e. The van der Waals surface area contributed by atoms with E-state index in [-0.39, 0.29) is 11.0 Å². The Kier molecular flexibility index (Phi) is 6.10. The average molecular weight is 515 g/mol. The van der Waals surface area contributed by atoms with E-state index in [0.29, 0.717) is 38.8 Å². The number of carbonyl (C=O) groups excluding carboxylic acids is 1. The Balaban J connectivity index is 1.66. The molecule has 5 aromatic rings. The number of benzene rings is 4. The summed E-state index contributed by atoms with van der Waals surface area (Å²) in [6.45, 7) is 3.74. The zero-order valence-electron chi connectivity index (χ0n) is 21.4. The summed E-state index contributed by atoms with van der Waals surface area (Å²) < 4.78 is 42.7. The molecule has 1 aromatic heterocycles. The third-order valence-electron chi connectivity index (χ3n) is 7.10. The summed E-state index contributed by atoms with van der Waals surface area (Å²) in [6.07, 6.45) is -3.73. The molecule has 0 aliphatic heterocycles. The summed E-state index contributed by atoms with van der Waals surface area (Å²) >= 11 is 0. The first-order chi connectivity index (χ1) is 18.0.